The second-order valence-electron chi connectivity index (χ2n) is 15.4. The fourth-order valence-electron chi connectivity index (χ4n) is 8.75. The number of ether oxygens (including phenoxy) is 1. The maximum Gasteiger partial charge on any atom is 0.405 e. The zero-order valence-electron chi connectivity index (χ0n) is 34.0. The summed E-state index contributed by atoms with van der Waals surface area (Å²) in [5, 5.41) is 0. The van der Waals surface area contributed by atoms with Crippen molar-refractivity contribution in [3.8, 4) is 33.6 Å². The highest BCUT2D eigenvalue weighted by molar-refractivity contribution is 5.85. The standard InChI is InChI=1S/C47H51N9O4/c1-3-54(4-2)42(36-10-6-5-7-11-36)46(58)56-27-9-13-40(56)44-51-30-38(53-44)35-20-16-33(17-21-35)32-14-18-34(19-15-32)37-29-50-43(52-37)39-12-8-26-55(39)45(57)41(60-47(48)59)28-31-22-24-49-25-23-31/h5-7,10-11,14-25,29-30,39-42H,3-4,8-9,12-13,26-28H2,1-2H3,(H2,48,59)(H,50,52)(H,51,53)/t39-,40?,41-,42?/m0/s1. The molecular weight excluding hydrogens is 755 g/mol. The average molecular weight is 806 g/mol. The number of pyridine rings is 1. The Kier molecular flexibility index (Phi) is 12.1. The number of H-pyrrole nitrogens is 2. The minimum Gasteiger partial charge on any atom is -0.436 e. The predicted octanol–water partition coefficient (Wildman–Crippen LogP) is 7.65. The summed E-state index contributed by atoms with van der Waals surface area (Å²) >= 11 is 0. The predicted molar refractivity (Wildman–Crippen MR) is 229 cm³/mol. The number of likely N-dealkylation sites (tertiary alicyclic amines) is 2. The Hall–Kier alpha value is -6.60. The van der Waals surface area contributed by atoms with Gasteiger partial charge in [-0.25, -0.2) is 14.8 Å². The summed E-state index contributed by atoms with van der Waals surface area (Å²) < 4.78 is 5.30. The molecule has 308 valence electrons. The second-order valence-corrected chi connectivity index (χ2v) is 15.4. The molecule has 6 aromatic rings. The zero-order valence-corrected chi connectivity index (χ0v) is 34.0. The van der Waals surface area contributed by atoms with Crippen molar-refractivity contribution in [3.63, 3.8) is 0 Å². The molecule has 3 aromatic carbocycles. The van der Waals surface area contributed by atoms with Gasteiger partial charge in [0.15, 0.2) is 6.10 Å². The first-order valence-electron chi connectivity index (χ1n) is 20.9. The summed E-state index contributed by atoms with van der Waals surface area (Å²) in [4.78, 5) is 66.2. The molecule has 0 aliphatic carbocycles. The lowest BCUT2D eigenvalue weighted by Crippen LogP contribution is -2.43. The van der Waals surface area contributed by atoms with Gasteiger partial charge < -0.3 is 30.2 Å². The molecule has 13 heteroatoms. The minimum atomic E-state index is -1.05. The lowest BCUT2D eigenvalue weighted by Gasteiger charge is -2.34. The van der Waals surface area contributed by atoms with Gasteiger partial charge in [-0.3, -0.25) is 19.5 Å². The van der Waals surface area contributed by atoms with Crippen LogP contribution in [0.5, 0.6) is 0 Å². The number of hydrogen-bond acceptors (Lipinski definition) is 8. The number of hydrogen-bond donors (Lipinski definition) is 3. The van der Waals surface area contributed by atoms with E-state index < -0.39 is 12.2 Å². The van der Waals surface area contributed by atoms with Crippen LogP contribution in [0.2, 0.25) is 0 Å². The fourth-order valence-corrected chi connectivity index (χ4v) is 8.75. The molecule has 2 aliphatic heterocycles. The van der Waals surface area contributed by atoms with E-state index in [4.69, 9.17) is 15.5 Å². The molecule has 2 aliphatic rings. The van der Waals surface area contributed by atoms with Crippen molar-refractivity contribution in [3.05, 3.63) is 139 Å². The van der Waals surface area contributed by atoms with Crippen molar-refractivity contribution < 1.29 is 19.1 Å². The molecule has 3 aromatic heterocycles. The van der Waals surface area contributed by atoms with Crippen LogP contribution in [-0.2, 0) is 20.7 Å². The summed E-state index contributed by atoms with van der Waals surface area (Å²) in [6, 6.07) is 29.6. The molecule has 0 radical (unpaired) electrons. The molecule has 0 bridgehead atoms. The maximum atomic E-state index is 14.2. The number of benzene rings is 3. The van der Waals surface area contributed by atoms with Crippen LogP contribution in [-0.4, -0.2) is 89.8 Å². The highest BCUT2D eigenvalue weighted by atomic mass is 16.6. The van der Waals surface area contributed by atoms with Crippen LogP contribution < -0.4 is 5.73 Å². The van der Waals surface area contributed by atoms with Gasteiger partial charge >= 0.3 is 6.09 Å². The highest BCUT2D eigenvalue weighted by Crippen LogP contribution is 2.37. The van der Waals surface area contributed by atoms with Gasteiger partial charge in [-0.2, -0.15) is 0 Å². The van der Waals surface area contributed by atoms with Crippen LogP contribution in [0.1, 0.15) is 80.4 Å². The van der Waals surface area contributed by atoms with Gasteiger partial charge in [0.1, 0.15) is 17.7 Å². The molecule has 4 N–H and O–H groups in total. The number of nitrogens with zero attached hydrogens (tertiary/aromatic N) is 6. The van der Waals surface area contributed by atoms with Crippen LogP contribution in [0.4, 0.5) is 4.79 Å². The number of likely N-dealkylation sites (N-methyl/N-ethyl adjacent to an activating group) is 1. The third-order valence-electron chi connectivity index (χ3n) is 11.9. The van der Waals surface area contributed by atoms with Crippen molar-refractivity contribution in [2.75, 3.05) is 26.2 Å². The van der Waals surface area contributed by atoms with E-state index in [0.29, 0.717) is 18.9 Å². The van der Waals surface area contributed by atoms with Crippen molar-refractivity contribution in [2.45, 2.75) is 70.2 Å². The third-order valence-corrected chi connectivity index (χ3v) is 11.9. The Morgan fingerprint density at radius 3 is 1.72 bits per heavy atom. The Bertz CT molecular complexity index is 2380. The van der Waals surface area contributed by atoms with E-state index in [2.05, 4.69) is 99.3 Å². The Labute approximate surface area is 350 Å². The molecule has 2 fully saturated rings. The van der Waals surface area contributed by atoms with Crippen LogP contribution in [0.15, 0.2) is 116 Å². The van der Waals surface area contributed by atoms with E-state index in [1.165, 1.54) is 0 Å². The summed E-state index contributed by atoms with van der Waals surface area (Å²) in [6.07, 6.45) is 8.43. The van der Waals surface area contributed by atoms with E-state index in [-0.39, 0.29) is 36.4 Å². The topological polar surface area (TPSA) is 166 Å². The highest BCUT2D eigenvalue weighted by Gasteiger charge is 2.39. The van der Waals surface area contributed by atoms with Gasteiger partial charge in [-0.15, -0.1) is 0 Å². The van der Waals surface area contributed by atoms with Gasteiger partial charge in [-0.1, -0.05) is 92.7 Å². The molecule has 8 rings (SSSR count). The number of imidazole rings is 2. The minimum absolute atomic E-state index is 0.102. The van der Waals surface area contributed by atoms with Crippen molar-refractivity contribution in [1.29, 1.82) is 0 Å². The fraction of sp³-hybridized carbons (Fsp3) is 0.319. The smallest absolute Gasteiger partial charge is 0.405 e. The van der Waals surface area contributed by atoms with Crippen LogP contribution in [0.3, 0.4) is 0 Å². The zero-order chi connectivity index (χ0) is 41.6. The molecule has 4 atom stereocenters. The number of nitrogens with one attached hydrogen (secondary N) is 2. The monoisotopic (exact) mass is 805 g/mol. The molecule has 3 amide bonds. The average Bonchev–Trinajstić information content (AvgIpc) is 4.13. The SMILES string of the molecule is CCN(CC)C(C(=O)N1CCCC1c1ncc(-c2ccc(-c3ccc(-c4cnc([C@@H]5CCCN5C(=O)[C@H](Cc5ccncc5)OC(N)=O)[nH]4)cc3)cc2)[nH]1)c1ccccc1. The number of nitrogens with two attached hydrogens (primary N) is 1. The molecule has 2 unspecified atom stereocenters. The molecule has 60 heavy (non-hydrogen) atoms. The molecule has 0 spiro atoms. The third kappa shape index (κ3) is 8.57. The number of primary amides is 1. The molecule has 13 nitrogen and oxygen atoms in total. The van der Waals surface area contributed by atoms with Gasteiger partial charge in [-0.05, 0) is 84.3 Å². The van der Waals surface area contributed by atoms with Gasteiger partial charge in [0, 0.05) is 31.9 Å². The van der Waals surface area contributed by atoms with Crippen LogP contribution in [0.25, 0.3) is 33.6 Å². The van der Waals surface area contributed by atoms with Crippen molar-refractivity contribution >= 4 is 17.9 Å². The van der Waals surface area contributed by atoms with Crippen LogP contribution >= 0.6 is 0 Å². The van der Waals surface area contributed by atoms with Gasteiger partial charge in [0.25, 0.3) is 5.91 Å². The molecule has 2 saturated heterocycles. The number of amides is 3. The first kappa shape index (κ1) is 40.2. The lowest BCUT2D eigenvalue weighted by molar-refractivity contribution is -0.141. The van der Waals surface area contributed by atoms with E-state index in [9.17, 15) is 14.4 Å². The first-order valence-corrected chi connectivity index (χ1v) is 20.9. The second kappa shape index (κ2) is 18.1. The van der Waals surface area contributed by atoms with Gasteiger partial charge in [0.05, 0.1) is 35.9 Å². The first-order chi connectivity index (χ1) is 29.3. The number of aromatic nitrogens is 5. The van der Waals surface area contributed by atoms with E-state index >= 15 is 0 Å². The molecule has 0 saturated carbocycles. The lowest BCUT2D eigenvalue weighted by atomic mass is 10.0. The van der Waals surface area contributed by atoms with Gasteiger partial charge in [0.2, 0.25) is 5.91 Å². The molecule has 5 heterocycles. The Morgan fingerprint density at radius 2 is 1.22 bits per heavy atom. The quantitative estimate of drug-likeness (QED) is 0.101. The largest absolute Gasteiger partial charge is 0.436 e. The van der Waals surface area contributed by atoms with E-state index in [1.807, 2.05) is 29.3 Å². The normalized spacial score (nSPS) is 17.5. The Morgan fingerprint density at radius 1 is 0.717 bits per heavy atom. The summed E-state index contributed by atoms with van der Waals surface area (Å²) in [5.74, 6) is 1.33. The summed E-state index contributed by atoms with van der Waals surface area (Å²) in [6.45, 7) is 7.02. The molecular formula is C47H51N9O4. The summed E-state index contributed by atoms with van der Waals surface area (Å²) in [5.41, 5.74) is 13.1. The van der Waals surface area contributed by atoms with E-state index in [1.54, 1.807) is 35.6 Å². The maximum absolute atomic E-state index is 14.2. The van der Waals surface area contributed by atoms with Crippen LogP contribution in [0, 0.1) is 0 Å². The number of aromatic amines is 2. The number of carbonyl (C=O) groups excluding carboxylic acids is 3. The van der Waals surface area contributed by atoms with Crippen molar-refractivity contribution in [2.24, 2.45) is 5.73 Å². The number of rotatable bonds is 14. The van der Waals surface area contributed by atoms with Crippen molar-refractivity contribution in [1.82, 2.24) is 39.6 Å². The number of carbonyl (C=O) groups is 3. The van der Waals surface area contributed by atoms with E-state index in [0.717, 1.165) is 89.4 Å². The Balaban J connectivity index is 0.924. The summed E-state index contributed by atoms with van der Waals surface area (Å²) in [7, 11) is 0.